The molecule has 0 aliphatic heterocycles. The first kappa shape index (κ1) is 23.2. The molecule has 0 saturated carbocycles. The molecule has 0 aliphatic carbocycles. The van der Waals surface area contributed by atoms with Gasteiger partial charge >= 0.3 is 0 Å². The van der Waals surface area contributed by atoms with E-state index in [2.05, 4.69) is 15.8 Å². The smallest absolute Gasteiger partial charge is 0.262 e. The SMILES string of the molecule is CCOc1cc(C=NNC(=O)C(NC(=O)c2cccc(Cl)c2)C(C)C)ccc1OC. The van der Waals surface area contributed by atoms with Crippen LogP contribution < -0.4 is 20.2 Å². The fourth-order valence-electron chi connectivity index (χ4n) is 2.67. The average molecular weight is 432 g/mol. The van der Waals surface area contributed by atoms with Gasteiger partial charge in [0.15, 0.2) is 11.5 Å². The van der Waals surface area contributed by atoms with Crippen LogP contribution in [0.15, 0.2) is 47.6 Å². The van der Waals surface area contributed by atoms with Crippen LogP contribution in [0.25, 0.3) is 0 Å². The first-order valence-electron chi connectivity index (χ1n) is 9.55. The molecule has 30 heavy (non-hydrogen) atoms. The van der Waals surface area contributed by atoms with Crippen LogP contribution in [-0.2, 0) is 4.79 Å². The molecule has 2 aromatic carbocycles. The van der Waals surface area contributed by atoms with E-state index in [0.717, 1.165) is 5.56 Å². The standard InChI is InChI=1S/C22H26ClN3O4/c1-5-30-19-11-15(9-10-18(19)29-4)13-24-26-22(28)20(14(2)3)25-21(27)16-7-6-8-17(23)12-16/h6-14,20H,5H2,1-4H3,(H,25,27)(H,26,28). The molecule has 0 saturated heterocycles. The highest BCUT2D eigenvalue weighted by molar-refractivity contribution is 6.31. The van der Waals surface area contributed by atoms with Gasteiger partial charge in [-0.05, 0) is 54.8 Å². The highest BCUT2D eigenvalue weighted by atomic mass is 35.5. The fourth-order valence-corrected chi connectivity index (χ4v) is 2.86. The third-order valence-electron chi connectivity index (χ3n) is 4.20. The van der Waals surface area contributed by atoms with E-state index in [-0.39, 0.29) is 11.8 Å². The zero-order valence-corrected chi connectivity index (χ0v) is 18.2. The van der Waals surface area contributed by atoms with Gasteiger partial charge < -0.3 is 14.8 Å². The number of hydrogen-bond donors (Lipinski definition) is 2. The Kier molecular flexibility index (Phi) is 8.68. The van der Waals surface area contributed by atoms with Crippen LogP contribution in [0.1, 0.15) is 36.7 Å². The van der Waals surface area contributed by atoms with E-state index in [0.29, 0.717) is 28.7 Å². The third-order valence-corrected chi connectivity index (χ3v) is 4.43. The van der Waals surface area contributed by atoms with E-state index in [1.165, 1.54) is 6.21 Å². The van der Waals surface area contributed by atoms with Crippen LogP contribution in [0, 0.1) is 5.92 Å². The molecular weight excluding hydrogens is 406 g/mol. The van der Waals surface area contributed by atoms with Gasteiger partial charge in [0, 0.05) is 10.6 Å². The van der Waals surface area contributed by atoms with Gasteiger partial charge in [-0.25, -0.2) is 5.43 Å². The van der Waals surface area contributed by atoms with E-state index < -0.39 is 11.9 Å². The molecule has 0 spiro atoms. The van der Waals surface area contributed by atoms with Crippen molar-refractivity contribution >= 4 is 29.6 Å². The van der Waals surface area contributed by atoms with Crippen molar-refractivity contribution in [2.45, 2.75) is 26.8 Å². The van der Waals surface area contributed by atoms with Gasteiger partial charge in [-0.2, -0.15) is 5.10 Å². The van der Waals surface area contributed by atoms with Crippen molar-refractivity contribution in [3.05, 3.63) is 58.6 Å². The maximum absolute atomic E-state index is 12.6. The van der Waals surface area contributed by atoms with Crippen molar-refractivity contribution in [3.8, 4) is 11.5 Å². The quantitative estimate of drug-likeness (QED) is 0.468. The minimum Gasteiger partial charge on any atom is -0.493 e. The summed E-state index contributed by atoms with van der Waals surface area (Å²) in [5, 5.41) is 7.18. The summed E-state index contributed by atoms with van der Waals surface area (Å²) in [6.45, 7) is 6.05. The van der Waals surface area contributed by atoms with Crippen LogP contribution >= 0.6 is 11.6 Å². The molecule has 2 N–H and O–H groups in total. The number of rotatable bonds is 9. The number of amides is 2. The van der Waals surface area contributed by atoms with Gasteiger partial charge in [0.2, 0.25) is 0 Å². The van der Waals surface area contributed by atoms with Crippen molar-refractivity contribution in [3.63, 3.8) is 0 Å². The van der Waals surface area contributed by atoms with Crippen molar-refractivity contribution in [1.29, 1.82) is 0 Å². The monoisotopic (exact) mass is 431 g/mol. The molecular formula is C22H26ClN3O4. The highest BCUT2D eigenvalue weighted by Crippen LogP contribution is 2.27. The predicted octanol–water partition coefficient (Wildman–Crippen LogP) is 3.65. The summed E-state index contributed by atoms with van der Waals surface area (Å²) in [6, 6.07) is 11.1. The van der Waals surface area contributed by atoms with Gasteiger partial charge in [-0.15, -0.1) is 0 Å². The summed E-state index contributed by atoms with van der Waals surface area (Å²) in [5.41, 5.74) is 3.58. The zero-order valence-electron chi connectivity index (χ0n) is 17.4. The van der Waals surface area contributed by atoms with Gasteiger partial charge in [-0.3, -0.25) is 9.59 Å². The summed E-state index contributed by atoms with van der Waals surface area (Å²) in [6.07, 6.45) is 1.50. The van der Waals surface area contributed by atoms with Gasteiger partial charge in [0.1, 0.15) is 6.04 Å². The summed E-state index contributed by atoms with van der Waals surface area (Å²) in [4.78, 5) is 25.0. The number of hydrazone groups is 1. The number of nitrogens with zero attached hydrogens (tertiary/aromatic N) is 1. The minimum atomic E-state index is -0.761. The van der Waals surface area contributed by atoms with Crippen molar-refractivity contribution in [2.24, 2.45) is 11.0 Å². The van der Waals surface area contributed by atoms with Crippen LogP contribution in [0.3, 0.4) is 0 Å². The highest BCUT2D eigenvalue weighted by Gasteiger charge is 2.24. The summed E-state index contributed by atoms with van der Waals surface area (Å²) in [7, 11) is 1.57. The molecule has 2 amide bonds. The lowest BCUT2D eigenvalue weighted by Crippen LogP contribution is -2.48. The first-order valence-corrected chi connectivity index (χ1v) is 9.93. The summed E-state index contributed by atoms with van der Waals surface area (Å²) < 4.78 is 10.8. The van der Waals surface area contributed by atoms with Crippen LogP contribution in [0.2, 0.25) is 5.02 Å². The molecule has 2 rings (SSSR count). The van der Waals surface area contributed by atoms with Crippen LogP contribution in [-0.4, -0.2) is 37.8 Å². The molecule has 8 heteroatoms. The number of halogens is 1. The maximum atomic E-state index is 12.6. The number of carbonyl (C=O) groups is 2. The number of benzene rings is 2. The summed E-state index contributed by atoms with van der Waals surface area (Å²) >= 11 is 5.93. The molecule has 0 heterocycles. The number of carbonyl (C=O) groups excluding carboxylic acids is 2. The molecule has 0 bridgehead atoms. The third kappa shape index (κ3) is 6.49. The van der Waals surface area contributed by atoms with Gasteiger partial charge in [-0.1, -0.05) is 31.5 Å². The Morgan fingerprint density at radius 3 is 2.57 bits per heavy atom. The zero-order chi connectivity index (χ0) is 22.1. The number of nitrogens with one attached hydrogen (secondary N) is 2. The van der Waals surface area contributed by atoms with Crippen molar-refractivity contribution in [2.75, 3.05) is 13.7 Å². The Labute approximate surface area is 181 Å². The molecule has 1 atom stereocenters. The van der Waals surface area contributed by atoms with Crippen molar-refractivity contribution < 1.29 is 19.1 Å². The second-order valence-corrected chi connectivity index (χ2v) is 7.22. The van der Waals surface area contributed by atoms with E-state index in [1.54, 1.807) is 49.6 Å². The van der Waals surface area contributed by atoms with E-state index in [1.807, 2.05) is 20.8 Å². The molecule has 0 aromatic heterocycles. The average Bonchev–Trinajstić information content (AvgIpc) is 2.72. The Balaban J connectivity index is 2.04. The number of ether oxygens (including phenoxy) is 2. The molecule has 1 unspecified atom stereocenters. The normalized spacial score (nSPS) is 11.9. The summed E-state index contributed by atoms with van der Waals surface area (Å²) in [5.74, 6) is 0.252. The Morgan fingerprint density at radius 1 is 1.17 bits per heavy atom. The molecule has 2 aromatic rings. The predicted molar refractivity (Wildman–Crippen MR) is 117 cm³/mol. The van der Waals surface area contributed by atoms with Crippen LogP contribution in [0.4, 0.5) is 0 Å². The Hall–Kier alpha value is -3.06. The van der Waals surface area contributed by atoms with E-state index in [4.69, 9.17) is 21.1 Å². The first-order chi connectivity index (χ1) is 14.3. The molecule has 0 aliphatic rings. The second-order valence-electron chi connectivity index (χ2n) is 6.78. The lowest BCUT2D eigenvalue weighted by Gasteiger charge is -2.20. The number of hydrogen-bond acceptors (Lipinski definition) is 5. The van der Waals surface area contributed by atoms with Gasteiger partial charge in [0.25, 0.3) is 11.8 Å². The van der Waals surface area contributed by atoms with E-state index in [9.17, 15) is 9.59 Å². The number of methoxy groups -OCH3 is 1. The largest absolute Gasteiger partial charge is 0.493 e. The Morgan fingerprint density at radius 2 is 1.93 bits per heavy atom. The minimum absolute atomic E-state index is 0.145. The van der Waals surface area contributed by atoms with Gasteiger partial charge in [0.05, 0.1) is 19.9 Å². The Bertz CT molecular complexity index is 915. The van der Waals surface area contributed by atoms with Crippen molar-refractivity contribution in [1.82, 2.24) is 10.7 Å². The van der Waals surface area contributed by atoms with Crippen LogP contribution in [0.5, 0.6) is 11.5 Å². The lowest BCUT2D eigenvalue weighted by atomic mass is 10.0. The van der Waals surface area contributed by atoms with E-state index >= 15 is 0 Å². The second kappa shape index (κ2) is 11.2. The molecule has 0 fully saturated rings. The maximum Gasteiger partial charge on any atom is 0.262 e. The molecule has 7 nitrogen and oxygen atoms in total. The molecule has 160 valence electrons. The lowest BCUT2D eigenvalue weighted by molar-refractivity contribution is -0.123. The molecule has 0 radical (unpaired) electrons. The fraction of sp³-hybridized carbons (Fsp3) is 0.318. The topological polar surface area (TPSA) is 89.0 Å².